The van der Waals surface area contributed by atoms with Gasteiger partial charge >= 0.3 is 6.03 Å². The Labute approximate surface area is 158 Å². The summed E-state index contributed by atoms with van der Waals surface area (Å²) in [6, 6.07) is 6.69. The van der Waals surface area contributed by atoms with Gasteiger partial charge in [0.1, 0.15) is 17.8 Å². The predicted octanol–water partition coefficient (Wildman–Crippen LogP) is 1.98. The van der Waals surface area contributed by atoms with Crippen molar-refractivity contribution in [2.75, 3.05) is 13.7 Å². The third-order valence-electron chi connectivity index (χ3n) is 5.89. The third-order valence-corrected chi connectivity index (χ3v) is 5.89. The van der Waals surface area contributed by atoms with Crippen LogP contribution in [0.1, 0.15) is 44.2 Å². The topological polar surface area (TPSA) is 87.7 Å². The predicted molar refractivity (Wildman–Crippen MR) is 98.0 cm³/mol. The monoisotopic (exact) mass is 371 g/mol. The number of ether oxygens (including phenoxy) is 1. The number of amides is 4. The van der Waals surface area contributed by atoms with Gasteiger partial charge in [-0.3, -0.25) is 14.5 Å². The van der Waals surface area contributed by atoms with Gasteiger partial charge in [-0.15, -0.1) is 0 Å². The fraction of sp³-hybridized carbons (Fsp3) is 0.550. The summed E-state index contributed by atoms with van der Waals surface area (Å²) >= 11 is 0. The van der Waals surface area contributed by atoms with Gasteiger partial charge in [0, 0.05) is 5.56 Å². The van der Waals surface area contributed by atoms with Gasteiger partial charge in [-0.2, -0.15) is 0 Å². The number of imide groups is 1. The first-order valence-electron chi connectivity index (χ1n) is 9.53. The molecule has 0 spiro atoms. The fourth-order valence-corrected chi connectivity index (χ4v) is 4.25. The SMILES string of the molecule is COc1ccccc1C(C)NC(=O)CN1C(=O)NC(C2CC2)(C2CC2)C1=O. The summed E-state index contributed by atoms with van der Waals surface area (Å²) in [4.78, 5) is 39.1. The molecule has 7 nitrogen and oxygen atoms in total. The molecular formula is C20H25N3O4. The molecule has 1 unspecified atom stereocenters. The summed E-state index contributed by atoms with van der Waals surface area (Å²) in [5.74, 6) is 0.544. The van der Waals surface area contributed by atoms with Crippen LogP contribution in [-0.4, -0.2) is 41.9 Å². The largest absolute Gasteiger partial charge is 0.496 e. The lowest BCUT2D eigenvalue weighted by molar-refractivity contribution is -0.136. The number of nitrogens with one attached hydrogen (secondary N) is 2. The molecule has 1 aromatic carbocycles. The summed E-state index contributed by atoms with van der Waals surface area (Å²) in [5, 5.41) is 5.80. The van der Waals surface area contributed by atoms with E-state index in [9.17, 15) is 14.4 Å². The molecular weight excluding hydrogens is 346 g/mol. The molecule has 1 atom stereocenters. The van der Waals surface area contributed by atoms with Gasteiger partial charge in [0.25, 0.3) is 5.91 Å². The number of carbonyl (C=O) groups is 3. The maximum absolute atomic E-state index is 13.0. The van der Waals surface area contributed by atoms with E-state index in [2.05, 4.69) is 10.6 Å². The highest BCUT2D eigenvalue weighted by atomic mass is 16.5. The molecule has 1 aromatic rings. The maximum Gasteiger partial charge on any atom is 0.325 e. The second-order valence-electron chi connectivity index (χ2n) is 7.77. The van der Waals surface area contributed by atoms with Crippen molar-refractivity contribution in [1.82, 2.24) is 15.5 Å². The van der Waals surface area contributed by atoms with Crippen LogP contribution in [0.3, 0.4) is 0 Å². The Morgan fingerprint density at radius 1 is 1.26 bits per heavy atom. The number of methoxy groups -OCH3 is 1. The van der Waals surface area contributed by atoms with E-state index >= 15 is 0 Å². The Morgan fingerprint density at radius 3 is 2.48 bits per heavy atom. The standard InChI is InChI=1S/C20H25N3O4/c1-12(15-5-3-4-6-16(15)27-2)21-17(24)11-23-18(25)20(13-7-8-13,14-9-10-14)22-19(23)26/h3-6,12-14H,7-11H2,1-2H3,(H,21,24)(H,22,26). The lowest BCUT2D eigenvalue weighted by Crippen LogP contribution is -2.51. The van der Waals surface area contributed by atoms with E-state index in [0.29, 0.717) is 5.75 Å². The second kappa shape index (κ2) is 6.55. The van der Waals surface area contributed by atoms with E-state index in [1.807, 2.05) is 31.2 Å². The van der Waals surface area contributed by atoms with E-state index in [-0.39, 0.29) is 36.2 Å². The highest BCUT2D eigenvalue weighted by Gasteiger charge is 2.65. The van der Waals surface area contributed by atoms with Gasteiger partial charge in [-0.1, -0.05) is 18.2 Å². The molecule has 0 radical (unpaired) electrons. The first-order valence-corrected chi connectivity index (χ1v) is 9.53. The molecule has 2 aliphatic carbocycles. The number of hydrogen-bond donors (Lipinski definition) is 2. The van der Waals surface area contributed by atoms with Gasteiger partial charge < -0.3 is 15.4 Å². The molecule has 7 heteroatoms. The minimum Gasteiger partial charge on any atom is -0.496 e. The van der Waals surface area contributed by atoms with Crippen LogP contribution in [0, 0.1) is 11.8 Å². The summed E-state index contributed by atoms with van der Waals surface area (Å²) in [6.07, 6.45) is 3.86. The van der Waals surface area contributed by atoms with Crippen molar-refractivity contribution in [2.45, 2.75) is 44.2 Å². The smallest absolute Gasteiger partial charge is 0.325 e. The molecule has 2 N–H and O–H groups in total. The number of carbonyl (C=O) groups excluding carboxylic acids is 3. The summed E-state index contributed by atoms with van der Waals surface area (Å²) in [5.41, 5.74) is 0.0851. The molecule has 4 amide bonds. The van der Waals surface area contributed by atoms with E-state index in [1.165, 1.54) is 0 Å². The Morgan fingerprint density at radius 2 is 1.89 bits per heavy atom. The van der Waals surface area contributed by atoms with Crippen LogP contribution in [0.5, 0.6) is 5.75 Å². The average Bonchev–Trinajstić information content (AvgIpc) is 3.56. The molecule has 0 bridgehead atoms. The van der Waals surface area contributed by atoms with Crippen molar-refractivity contribution in [3.63, 3.8) is 0 Å². The van der Waals surface area contributed by atoms with Crippen molar-refractivity contribution < 1.29 is 19.1 Å². The van der Waals surface area contributed by atoms with E-state index < -0.39 is 11.6 Å². The Bertz CT molecular complexity index is 773. The van der Waals surface area contributed by atoms with E-state index in [0.717, 1.165) is 36.1 Å². The number of urea groups is 1. The van der Waals surface area contributed by atoms with Crippen molar-refractivity contribution >= 4 is 17.8 Å². The molecule has 4 rings (SSSR count). The second-order valence-corrected chi connectivity index (χ2v) is 7.77. The number of para-hydroxylation sites is 1. The number of nitrogens with zero attached hydrogens (tertiary/aromatic N) is 1. The van der Waals surface area contributed by atoms with Crippen molar-refractivity contribution in [2.24, 2.45) is 11.8 Å². The Kier molecular flexibility index (Phi) is 4.32. The van der Waals surface area contributed by atoms with Crippen LogP contribution >= 0.6 is 0 Å². The third kappa shape index (κ3) is 3.05. The maximum atomic E-state index is 13.0. The highest BCUT2D eigenvalue weighted by molar-refractivity contribution is 6.09. The molecule has 1 heterocycles. The van der Waals surface area contributed by atoms with Gasteiger partial charge in [0.05, 0.1) is 13.2 Å². The molecule has 27 heavy (non-hydrogen) atoms. The number of hydrogen-bond acceptors (Lipinski definition) is 4. The normalized spacial score (nSPS) is 22.4. The molecule has 2 saturated carbocycles. The first-order chi connectivity index (χ1) is 13.0. The highest BCUT2D eigenvalue weighted by Crippen LogP contribution is 2.54. The average molecular weight is 371 g/mol. The van der Waals surface area contributed by atoms with Crippen LogP contribution in [0.25, 0.3) is 0 Å². The quantitative estimate of drug-likeness (QED) is 0.718. The minimum absolute atomic E-state index is 0.224. The number of benzene rings is 1. The van der Waals surface area contributed by atoms with Crippen LogP contribution in [0.2, 0.25) is 0 Å². The summed E-state index contributed by atoms with van der Waals surface area (Å²) in [7, 11) is 1.58. The zero-order chi connectivity index (χ0) is 19.2. The Balaban J connectivity index is 1.43. The number of rotatable bonds is 7. The molecule has 3 aliphatic rings. The van der Waals surface area contributed by atoms with Crippen molar-refractivity contribution in [3.8, 4) is 5.75 Å². The molecule has 1 aliphatic heterocycles. The van der Waals surface area contributed by atoms with Crippen LogP contribution in [0.15, 0.2) is 24.3 Å². The summed E-state index contributed by atoms with van der Waals surface area (Å²) < 4.78 is 5.33. The molecule has 0 aromatic heterocycles. The lowest BCUT2D eigenvalue weighted by atomic mass is 9.87. The molecule has 1 saturated heterocycles. The van der Waals surface area contributed by atoms with Crippen molar-refractivity contribution in [1.29, 1.82) is 0 Å². The first kappa shape index (κ1) is 17.8. The van der Waals surface area contributed by atoms with Gasteiger partial charge in [-0.05, 0) is 50.5 Å². The molecule has 3 fully saturated rings. The van der Waals surface area contributed by atoms with Crippen LogP contribution < -0.4 is 15.4 Å². The zero-order valence-corrected chi connectivity index (χ0v) is 15.7. The van der Waals surface area contributed by atoms with E-state index in [1.54, 1.807) is 7.11 Å². The van der Waals surface area contributed by atoms with E-state index in [4.69, 9.17) is 4.74 Å². The minimum atomic E-state index is -0.758. The van der Waals surface area contributed by atoms with Gasteiger partial charge in [0.2, 0.25) is 5.91 Å². The van der Waals surface area contributed by atoms with Gasteiger partial charge in [0.15, 0.2) is 0 Å². The summed E-state index contributed by atoms with van der Waals surface area (Å²) in [6.45, 7) is 1.59. The van der Waals surface area contributed by atoms with Crippen LogP contribution in [0.4, 0.5) is 4.79 Å². The molecule has 144 valence electrons. The lowest BCUT2D eigenvalue weighted by Gasteiger charge is -2.26. The van der Waals surface area contributed by atoms with Gasteiger partial charge in [-0.25, -0.2) is 4.79 Å². The Hall–Kier alpha value is -2.57. The van der Waals surface area contributed by atoms with Crippen LogP contribution in [-0.2, 0) is 9.59 Å². The zero-order valence-electron chi connectivity index (χ0n) is 15.7. The van der Waals surface area contributed by atoms with Crippen molar-refractivity contribution in [3.05, 3.63) is 29.8 Å². The fourth-order valence-electron chi connectivity index (χ4n) is 4.25.